The molecule has 3 N–H and O–H groups in total. The van der Waals surface area contributed by atoms with Gasteiger partial charge in [0.25, 0.3) is 0 Å². The number of anilines is 1. The van der Waals surface area contributed by atoms with Crippen molar-refractivity contribution in [3.8, 4) is 0 Å². The van der Waals surface area contributed by atoms with Gasteiger partial charge in [0.15, 0.2) is 0 Å². The number of aromatic nitrogens is 1. The van der Waals surface area contributed by atoms with Crippen LogP contribution in [0.2, 0.25) is 0 Å². The Labute approximate surface area is 155 Å². The van der Waals surface area contributed by atoms with Crippen LogP contribution in [0.5, 0.6) is 0 Å². The van der Waals surface area contributed by atoms with Crippen molar-refractivity contribution in [2.75, 3.05) is 25.0 Å². The lowest BCUT2D eigenvalue weighted by Gasteiger charge is -2.33. The van der Waals surface area contributed by atoms with Crippen molar-refractivity contribution < 1.29 is 4.79 Å². The van der Waals surface area contributed by atoms with Gasteiger partial charge >= 0.3 is 6.03 Å². The van der Waals surface area contributed by atoms with E-state index in [4.69, 9.17) is 5.73 Å². The predicted octanol–water partition coefficient (Wildman–Crippen LogP) is 4.19. The van der Waals surface area contributed by atoms with Crippen molar-refractivity contribution in [1.29, 1.82) is 0 Å². The van der Waals surface area contributed by atoms with E-state index in [2.05, 4.69) is 35.3 Å². The van der Waals surface area contributed by atoms with Gasteiger partial charge in [-0.2, -0.15) is 0 Å². The first-order valence-electron chi connectivity index (χ1n) is 10.0. The summed E-state index contributed by atoms with van der Waals surface area (Å²) >= 11 is 0. The van der Waals surface area contributed by atoms with E-state index < -0.39 is 0 Å². The van der Waals surface area contributed by atoms with Crippen LogP contribution in [0.3, 0.4) is 0 Å². The van der Waals surface area contributed by atoms with Crippen LogP contribution in [0.4, 0.5) is 10.5 Å². The zero-order valence-electron chi connectivity index (χ0n) is 15.7. The molecule has 1 aliphatic heterocycles. The van der Waals surface area contributed by atoms with Crippen LogP contribution < -0.4 is 10.6 Å². The van der Waals surface area contributed by atoms with Crippen molar-refractivity contribution in [3.05, 3.63) is 30.0 Å². The highest BCUT2D eigenvalue weighted by Gasteiger charge is 2.26. The van der Waals surface area contributed by atoms with Crippen LogP contribution in [0, 0.1) is 0 Å². The molecule has 1 aromatic heterocycles. The third-order valence-electron chi connectivity index (χ3n) is 6.31. The van der Waals surface area contributed by atoms with Crippen molar-refractivity contribution in [2.24, 2.45) is 5.73 Å². The second-order valence-corrected chi connectivity index (χ2v) is 8.05. The minimum atomic E-state index is -0.326. The number of carbonyl (C=O) groups is 1. The zero-order valence-corrected chi connectivity index (χ0v) is 15.7. The van der Waals surface area contributed by atoms with E-state index in [1.165, 1.54) is 43.1 Å². The summed E-state index contributed by atoms with van der Waals surface area (Å²) in [6, 6.07) is 6.23. The maximum atomic E-state index is 12.2. The lowest BCUT2D eigenvalue weighted by molar-refractivity contribution is 0.249. The second-order valence-electron chi connectivity index (χ2n) is 8.05. The summed E-state index contributed by atoms with van der Waals surface area (Å²) in [6.45, 7) is 2.29. The van der Waals surface area contributed by atoms with Gasteiger partial charge < -0.3 is 15.6 Å². The third-order valence-corrected chi connectivity index (χ3v) is 6.31. The Kier molecular flexibility index (Phi) is 4.90. The van der Waals surface area contributed by atoms with Crippen LogP contribution in [0.25, 0.3) is 10.9 Å². The Morgan fingerprint density at radius 2 is 1.88 bits per heavy atom. The number of nitrogens with zero attached hydrogens (tertiary/aromatic N) is 2. The minimum Gasteiger partial charge on any atom is -0.361 e. The molecule has 0 unspecified atom stereocenters. The molecule has 1 saturated carbocycles. The SMILES string of the molecule is CN1CCC(c2c[nH]c3ccc(N(C(N)=O)C4CCCCC4)cc23)CC1. The molecule has 2 heterocycles. The Bertz CT molecular complexity index is 769. The quantitative estimate of drug-likeness (QED) is 0.868. The molecule has 1 aliphatic carbocycles. The number of aromatic amines is 1. The van der Waals surface area contributed by atoms with Gasteiger partial charge in [-0.3, -0.25) is 4.90 Å². The second kappa shape index (κ2) is 7.31. The van der Waals surface area contributed by atoms with E-state index in [-0.39, 0.29) is 12.1 Å². The monoisotopic (exact) mass is 354 g/mol. The molecule has 5 heteroatoms. The average molecular weight is 354 g/mol. The molecule has 5 nitrogen and oxygen atoms in total. The lowest BCUT2D eigenvalue weighted by atomic mass is 9.89. The van der Waals surface area contributed by atoms with Crippen molar-refractivity contribution in [1.82, 2.24) is 9.88 Å². The highest BCUT2D eigenvalue weighted by Crippen LogP contribution is 2.36. The Balaban J connectivity index is 1.67. The van der Waals surface area contributed by atoms with E-state index in [0.717, 1.165) is 37.1 Å². The number of fused-ring (bicyclic) bond motifs is 1. The van der Waals surface area contributed by atoms with Gasteiger partial charge in [-0.25, -0.2) is 4.79 Å². The molecule has 0 spiro atoms. The molecule has 2 amide bonds. The van der Waals surface area contributed by atoms with E-state index >= 15 is 0 Å². The summed E-state index contributed by atoms with van der Waals surface area (Å²) in [4.78, 5) is 19.9. The molecule has 26 heavy (non-hydrogen) atoms. The number of urea groups is 1. The van der Waals surface area contributed by atoms with Crippen LogP contribution in [0.15, 0.2) is 24.4 Å². The summed E-state index contributed by atoms with van der Waals surface area (Å²) in [6.07, 6.45) is 10.3. The largest absolute Gasteiger partial charge is 0.361 e. The fourth-order valence-electron chi connectivity index (χ4n) is 4.79. The van der Waals surface area contributed by atoms with E-state index in [9.17, 15) is 4.79 Å². The fourth-order valence-corrected chi connectivity index (χ4v) is 4.79. The third kappa shape index (κ3) is 3.32. The summed E-state index contributed by atoms with van der Waals surface area (Å²) < 4.78 is 0. The maximum absolute atomic E-state index is 12.2. The smallest absolute Gasteiger partial charge is 0.319 e. The Morgan fingerprint density at radius 1 is 1.15 bits per heavy atom. The predicted molar refractivity (Wildman–Crippen MR) is 107 cm³/mol. The summed E-state index contributed by atoms with van der Waals surface area (Å²) in [5.41, 5.74) is 9.28. The van der Waals surface area contributed by atoms with Gasteiger partial charge in [0.1, 0.15) is 0 Å². The number of amides is 2. The Morgan fingerprint density at radius 3 is 2.58 bits per heavy atom. The number of rotatable bonds is 3. The molecule has 4 rings (SSSR count). The molecule has 1 saturated heterocycles. The number of likely N-dealkylation sites (tertiary alicyclic amines) is 1. The number of carbonyl (C=O) groups excluding carboxylic acids is 1. The number of piperidine rings is 1. The molecular formula is C21H30N4O. The highest BCUT2D eigenvalue weighted by atomic mass is 16.2. The molecule has 1 aromatic carbocycles. The van der Waals surface area contributed by atoms with E-state index in [1.54, 1.807) is 0 Å². The zero-order chi connectivity index (χ0) is 18.1. The lowest BCUT2D eigenvalue weighted by Crippen LogP contribution is -2.44. The van der Waals surface area contributed by atoms with Gasteiger partial charge in [0.2, 0.25) is 0 Å². The number of nitrogens with two attached hydrogens (primary N) is 1. The van der Waals surface area contributed by atoms with Crippen molar-refractivity contribution in [2.45, 2.75) is 56.9 Å². The number of hydrogen-bond acceptors (Lipinski definition) is 2. The fraction of sp³-hybridized carbons (Fsp3) is 0.571. The Hall–Kier alpha value is -2.01. The van der Waals surface area contributed by atoms with Gasteiger partial charge in [-0.1, -0.05) is 19.3 Å². The van der Waals surface area contributed by atoms with Crippen molar-refractivity contribution >= 4 is 22.6 Å². The number of benzene rings is 1. The first kappa shape index (κ1) is 17.4. The molecule has 0 atom stereocenters. The molecule has 2 aliphatic rings. The van der Waals surface area contributed by atoms with E-state index in [1.807, 2.05) is 11.0 Å². The standard InChI is InChI=1S/C21H30N4O/c1-24-11-9-15(10-12-24)19-14-23-20-8-7-17(13-18(19)20)25(21(22)26)16-5-3-2-4-6-16/h7-8,13-16,23H,2-6,9-12H2,1H3,(H2,22,26). The molecular weight excluding hydrogens is 324 g/mol. The van der Waals surface area contributed by atoms with Gasteiger partial charge in [-0.05, 0) is 75.5 Å². The normalized spacial score (nSPS) is 20.5. The average Bonchev–Trinajstić information content (AvgIpc) is 3.06. The van der Waals surface area contributed by atoms with Gasteiger partial charge in [0.05, 0.1) is 0 Å². The minimum absolute atomic E-state index is 0.240. The molecule has 140 valence electrons. The van der Waals surface area contributed by atoms with Crippen LogP contribution in [-0.4, -0.2) is 42.1 Å². The maximum Gasteiger partial charge on any atom is 0.319 e. The van der Waals surface area contributed by atoms with Crippen LogP contribution in [-0.2, 0) is 0 Å². The highest BCUT2D eigenvalue weighted by molar-refractivity contribution is 5.95. The topological polar surface area (TPSA) is 65.4 Å². The molecule has 2 fully saturated rings. The number of nitrogens with one attached hydrogen (secondary N) is 1. The molecule has 0 radical (unpaired) electrons. The number of H-pyrrole nitrogens is 1. The van der Waals surface area contributed by atoms with E-state index in [0.29, 0.717) is 5.92 Å². The first-order valence-corrected chi connectivity index (χ1v) is 10.0. The number of hydrogen-bond donors (Lipinski definition) is 2. The summed E-state index contributed by atoms with van der Waals surface area (Å²) in [7, 11) is 2.19. The summed E-state index contributed by atoms with van der Waals surface area (Å²) in [5, 5.41) is 1.25. The van der Waals surface area contributed by atoms with Crippen LogP contribution in [0.1, 0.15) is 56.4 Å². The van der Waals surface area contributed by atoms with Gasteiger partial charge in [0, 0.05) is 28.8 Å². The molecule has 2 aromatic rings. The van der Waals surface area contributed by atoms with Gasteiger partial charge in [-0.15, -0.1) is 0 Å². The summed E-state index contributed by atoms with van der Waals surface area (Å²) in [5.74, 6) is 0.590. The first-order chi connectivity index (χ1) is 12.6. The molecule has 0 bridgehead atoms. The number of primary amides is 1. The van der Waals surface area contributed by atoms with Crippen LogP contribution >= 0.6 is 0 Å². The van der Waals surface area contributed by atoms with Crippen molar-refractivity contribution in [3.63, 3.8) is 0 Å².